The van der Waals surface area contributed by atoms with Gasteiger partial charge in [-0.15, -0.1) is 0 Å². The number of halogens is 1. The zero-order valence-corrected chi connectivity index (χ0v) is 17.6. The third-order valence-corrected chi connectivity index (χ3v) is 4.44. The minimum atomic E-state index is 0. The minimum Gasteiger partial charge on any atom is -0.0840 e. The molecule has 0 aliphatic rings. The van der Waals surface area contributed by atoms with Gasteiger partial charge in [-0.3, -0.25) is 0 Å². The molecule has 0 amide bonds. The topological polar surface area (TPSA) is 0 Å². The Hall–Kier alpha value is -1.27. The van der Waals surface area contributed by atoms with E-state index in [4.69, 9.17) is 11.6 Å². The number of aryl methyl sites for hydroxylation is 3. The average Bonchev–Trinajstić information content (AvgIpc) is 2.35. The summed E-state index contributed by atoms with van der Waals surface area (Å²) < 4.78 is 0. The molecule has 0 atom stereocenters. The van der Waals surface area contributed by atoms with E-state index in [0.717, 1.165) is 5.02 Å². The number of rotatable bonds is 0. The molecule has 0 radical (unpaired) electrons. The van der Waals surface area contributed by atoms with Crippen molar-refractivity contribution < 1.29 is 0 Å². The van der Waals surface area contributed by atoms with E-state index in [1.807, 2.05) is 6.07 Å². The highest BCUT2D eigenvalue weighted by Gasteiger charge is 2.16. The molecule has 0 unspecified atom stereocenters. The van der Waals surface area contributed by atoms with Crippen LogP contribution in [-0.4, -0.2) is 0 Å². The monoisotopic (exact) mass is 360 g/mol. The van der Waals surface area contributed by atoms with Crippen LogP contribution in [0.2, 0.25) is 5.02 Å². The Bertz CT molecular complexity index is 621. The van der Waals surface area contributed by atoms with Crippen molar-refractivity contribution in [3.8, 4) is 0 Å². The molecule has 0 bridgehead atoms. The van der Waals surface area contributed by atoms with E-state index in [2.05, 4.69) is 92.6 Å². The Morgan fingerprint density at radius 3 is 1.40 bits per heavy atom. The summed E-state index contributed by atoms with van der Waals surface area (Å²) in [6, 6.07) is 12.9. The third-order valence-electron chi connectivity index (χ3n) is 4.12. The second-order valence-corrected chi connectivity index (χ2v) is 9.21. The van der Waals surface area contributed by atoms with Gasteiger partial charge in [-0.1, -0.05) is 96.5 Å². The molecule has 25 heavy (non-hydrogen) atoms. The van der Waals surface area contributed by atoms with Crippen molar-refractivity contribution in [1.29, 1.82) is 0 Å². The van der Waals surface area contributed by atoms with Gasteiger partial charge in [-0.2, -0.15) is 0 Å². The zero-order valence-electron chi connectivity index (χ0n) is 16.8. The number of benzene rings is 2. The fraction of sp³-hybridized carbons (Fsp3) is 0.500. The van der Waals surface area contributed by atoms with Crippen LogP contribution in [0.4, 0.5) is 0 Å². The SMILES string of the molecule is C.Cc1ccc(C(C)(C)C)c(C)c1.Cc1ccc(C(C)(C)C)c(Cl)c1. The molecule has 0 saturated heterocycles. The second-order valence-electron chi connectivity index (χ2n) is 8.80. The molecule has 0 heterocycles. The van der Waals surface area contributed by atoms with Gasteiger partial charge in [-0.25, -0.2) is 0 Å². The van der Waals surface area contributed by atoms with Crippen LogP contribution in [0.1, 0.15) is 76.8 Å². The van der Waals surface area contributed by atoms with Crippen molar-refractivity contribution in [1.82, 2.24) is 0 Å². The van der Waals surface area contributed by atoms with Crippen LogP contribution < -0.4 is 0 Å². The molecule has 2 aromatic carbocycles. The van der Waals surface area contributed by atoms with E-state index < -0.39 is 0 Å². The van der Waals surface area contributed by atoms with Gasteiger partial charge in [0.2, 0.25) is 0 Å². The van der Waals surface area contributed by atoms with Gasteiger partial charge >= 0.3 is 0 Å². The molecule has 0 N–H and O–H groups in total. The molecule has 2 aromatic rings. The van der Waals surface area contributed by atoms with Crippen molar-refractivity contribution in [3.05, 3.63) is 69.2 Å². The molecule has 140 valence electrons. The molecule has 2 rings (SSSR count). The molecule has 0 aromatic heterocycles. The van der Waals surface area contributed by atoms with Crippen molar-refractivity contribution in [2.45, 2.75) is 80.6 Å². The molecule has 1 heteroatoms. The standard InChI is InChI=1S/C12H18.C11H15Cl.CH4/c1-9-6-7-11(10(2)8-9)12(3,4)5;1-8-5-6-9(10(12)7-8)11(2,3)4;/h6-8H,1-5H3;5-7H,1-4H3;1H4. The van der Waals surface area contributed by atoms with Crippen molar-refractivity contribution >= 4 is 11.6 Å². The van der Waals surface area contributed by atoms with Gasteiger partial charge in [0.15, 0.2) is 0 Å². The van der Waals surface area contributed by atoms with Gasteiger partial charge < -0.3 is 0 Å². The van der Waals surface area contributed by atoms with Crippen LogP contribution in [0.5, 0.6) is 0 Å². The predicted molar refractivity (Wildman–Crippen MR) is 116 cm³/mol. The first-order valence-electron chi connectivity index (χ1n) is 8.67. The lowest BCUT2D eigenvalue weighted by molar-refractivity contribution is 0.586. The summed E-state index contributed by atoms with van der Waals surface area (Å²) in [5, 5.41) is 0.877. The van der Waals surface area contributed by atoms with Crippen LogP contribution in [0, 0.1) is 20.8 Å². The fourth-order valence-corrected chi connectivity index (χ4v) is 3.40. The lowest BCUT2D eigenvalue weighted by Crippen LogP contribution is -2.12. The maximum Gasteiger partial charge on any atom is 0.0445 e. The maximum atomic E-state index is 6.11. The van der Waals surface area contributed by atoms with Crippen LogP contribution >= 0.6 is 11.6 Å². The number of hydrogen-bond acceptors (Lipinski definition) is 0. The first kappa shape index (κ1) is 23.7. The van der Waals surface area contributed by atoms with E-state index in [-0.39, 0.29) is 18.3 Å². The molecule has 0 aliphatic heterocycles. The summed E-state index contributed by atoms with van der Waals surface area (Å²) in [5.74, 6) is 0. The molecule has 0 saturated carbocycles. The summed E-state index contributed by atoms with van der Waals surface area (Å²) in [5.41, 5.74) is 7.06. The molecular weight excluding hydrogens is 324 g/mol. The van der Waals surface area contributed by atoms with Gasteiger partial charge in [-0.05, 0) is 59.9 Å². The van der Waals surface area contributed by atoms with Gasteiger partial charge in [0.25, 0.3) is 0 Å². The van der Waals surface area contributed by atoms with Gasteiger partial charge in [0, 0.05) is 5.02 Å². The summed E-state index contributed by atoms with van der Waals surface area (Å²) in [4.78, 5) is 0. The summed E-state index contributed by atoms with van der Waals surface area (Å²) >= 11 is 6.11. The molecule has 0 fully saturated rings. The lowest BCUT2D eigenvalue weighted by atomic mass is 9.84. The van der Waals surface area contributed by atoms with E-state index in [1.54, 1.807) is 0 Å². The Morgan fingerprint density at radius 1 is 0.640 bits per heavy atom. The predicted octanol–water partition coefficient (Wildman–Crippen LogP) is 8.18. The van der Waals surface area contributed by atoms with Gasteiger partial charge in [0.1, 0.15) is 0 Å². The van der Waals surface area contributed by atoms with Crippen LogP contribution in [-0.2, 0) is 10.8 Å². The first-order valence-corrected chi connectivity index (χ1v) is 9.04. The van der Waals surface area contributed by atoms with E-state index in [0.29, 0.717) is 0 Å². The Balaban J connectivity index is 0.000000443. The highest BCUT2D eigenvalue weighted by atomic mass is 35.5. The number of hydrogen-bond donors (Lipinski definition) is 0. The van der Waals surface area contributed by atoms with Crippen LogP contribution in [0.3, 0.4) is 0 Å². The zero-order chi connectivity index (χ0) is 18.7. The summed E-state index contributed by atoms with van der Waals surface area (Å²) in [6.07, 6.45) is 0. The van der Waals surface area contributed by atoms with Gasteiger partial charge in [0.05, 0.1) is 0 Å². The van der Waals surface area contributed by atoms with E-state index in [9.17, 15) is 0 Å². The first-order chi connectivity index (χ1) is 10.8. The Labute approximate surface area is 161 Å². The molecule has 0 aliphatic carbocycles. The maximum absolute atomic E-state index is 6.11. The Morgan fingerprint density at radius 2 is 1.04 bits per heavy atom. The van der Waals surface area contributed by atoms with Crippen molar-refractivity contribution in [3.63, 3.8) is 0 Å². The fourth-order valence-electron chi connectivity index (χ4n) is 2.88. The van der Waals surface area contributed by atoms with Crippen molar-refractivity contribution in [2.75, 3.05) is 0 Å². The average molecular weight is 361 g/mol. The summed E-state index contributed by atoms with van der Waals surface area (Å²) in [6.45, 7) is 19.7. The Kier molecular flexibility index (Phi) is 8.45. The quantitative estimate of drug-likeness (QED) is 0.444. The minimum absolute atomic E-state index is 0. The third kappa shape index (κ3) is 7.24. The van der Waals surface area contributed by atoms with Crippen LogP contribution in [0.25, 0.3) is 0 Å². The highest BCUT2D eigenvalue weighted by Crippen LogP contribution is 2.29. The normalized spacial score (nSPS) is 11.3. The largest absolute Gasteiger partial charge is 0.0840 e. The van der Waals surface area contributed by atoms with E-state index >= 15 is 0 Å². The second kappa shape index (κ2) is 8.90. The lowest BCUT2D eigenvalue weighted by Gasteiger charge is -2.21. The van der Waals surface area contributed by atoms with Crippen molar-refractivity contribution in [2.24, 2.45) is 0 Å². The molecule has 0 spiro atoms. The summed E-state index contributed by atoms with van der Waals surface area (Å²) in [7, 11) is 0. The molecule has 0 nitrogen and oxygen atoms in total. The molecular formula is C24H37Cl. The van der Waals surface area contributed by atoms with E-state index in [1.165, 1.54) is 27.8 Å². The highest BCUT2D eigenvalue weighted by molar-refractivity contribution is 6.31. The smallest absolute Gasteiger partial charge is 0.0445 e. The van der Waals surface area contributed by atoms with Crippen LogP contribution in [0.15, 0.2) is 36.4 Å².